The Morgan fingerprint density at radius 3 is 2.65 bits per heavy atom. The highest BCUT2D eigenvalue weighted by Crippen LogP contribution is 2.24. The number of carbonyl (C=O) groups is 1. The summed E-state index contributed by atoms with van der Waals surface area (Å²) in [6.07, 6.45) is 0.368. The first-order chi connectivity index (χ1) is 9.58. The number of aliphatic hydroxyl groups excluding tert-OH is 1. The predicted octanol–water partition coefficient (Wildman–Crippen LogP) is 1.31. The summed E-state index contributed by atoms with van der Waals surface area (Å²) < 4.78 is 4.84. The van der Waals surface area contributed by atoms with Crippen molar-refractivity contribution in [3.8, 4) is 0 Å². The fraction of sp³-hybridized carbons (Fsp3) is 0.429. The average Bonchev–Trinajstić information content (AvgIpc) is 3.23. The van der Waals surface area contributed by atoms with E-state index in [-0.39, 0.29) is 6.61 Å². The zero-order valence-corrected chi connectivity index (χ0v) is 11.8. The van der Waals surface area contributed by atoms with Crippen LogP contribution in [0.25, 0.3) is 0 Å². The number of nitrogens with one attached hydrogen (secondary N) is 1. The minimum atomic E-state index is -0.910. The molecular formula is C14H18N2O3S. The Kier molecular flexibility index (Phi) is 4.92. The highest BCUT2D eigenvalue weighted by Gasteiger charge is 2.30. The van der Waals surface area contributed by atoms with Gasteiger partial charge < -0.3 is 20.9 Å². The van der Waals surface area contributed by atoms with Crippen molar-refractivity contribution < 1.29 is 14.6 Å². The van der Waals surface area contributed by atoms with E-state index in [1.54, 1.807) is 0 Å². The normalized spacial score (nSPS) is 17.1. The number of rotatable bonds is 6. The van der Waals surface area contributed by atoms with Crippen LogP contribution in [0.3, 0.4) is 0 Å². The van der Waals surface area contributed by atoms with E-state index in [2.05, 4.69) is 5.32 Å². The smallest absolute Gasteiger partial charge is 0.404 e. The average molecular weight is 294 g/mol. The topological polar surface area (TPSA) is 84.6 Å². The largest absolute Gasteiger partial charge is 0.449 e. The molecule has 1 fully saturated rings. The number of carbonyl (C=O) groups excluding carboxylic acids is 1. The summed E-state index contributed by atoms with van der Waals surface area (Å²) in [7, 11) is 0. The third-order valence-corrected chi connectivity index (χ3v) is 3.57. The van der Waals surface area contributed by atoms with E-state index in [1.165, 1.54) is 0 Å². The number of primary amides is 1. The van der Waals surface area contributed by atoms with Crippen LogP contribution in [-0.2, 0) is 4.74 Å². The molecule has 20 heavy (non-hydrogen) atoms. The van der Waals surface area contributed by atoms with Crippen molar-refractivity contribution >= 4 is 23.3 Å². The van der Waals surface area contributed by atoms with E-state index < -0.39 is 18.1 Å². The number of hydrogen-bond donors (Lipinski definition) is 3. The fourth-order valence-corrected chi connectivity index (χ4v) is 2.27. The molecule has 0 radical (unpaired) electrons. The zero-order valence-electron chi connectivity index (χ0n) is 11.0. The van der Waals surface area contributed by atoms with Crippen molar-refractivity contribution in [2.45, 2.75) is 30.9 Å². The van der Waals surface area contributed by atoms with Gasteiger partial charge >= 0.3 is 6.09 Å². The van der Waals surface area contributed by atoms with Gasteiger partial charge in [0.15, 0.2) is 0 Å². The van der Waals surface area contributed by atoms with Gasteiger partial charge in [-0.2, -0.15) is 0 Å². The van der Waals surface area contributed by atoms with Gasteiger partial charge in [-0.1, -0.05) is 42.5 Å². The Morgan fingerprint density at radius 2 is 2.10 bits per heavy atom. The van der Waals surface area contributed by atoms with E-state index in [1.807, 2.05) is 30.3 Å². The van der Waals surface area contributed by atoms with Crippen LogP contribution in [0.2, 0.25) is 0 Å². The molecule has 1 saturated carbocycles. The molecule has 5 nitrogen and oxygen atoms in total. The first kappa shape index (κ1) is 14.7. The molecule has 0 aromatic heterocycles. The molecule has 4 N–H and O–H groups in total. The highest BCUT2D eigenvalue weighted by molar-refractivity contribution is 7.80. The second-order valence-corrected chi connectivity index (χ2v) is 5.31. The monoisotopic (exact) mass is 294 g/mol. The number of nitrogens with two attached hydrogens (primary N) is 1. The number of hydrogen-bond acceptors (Lipinski definition) is 4. The van der Waals surface area contributed by atoms with Gasteiger partial charge in [0.1, 0.15) is 17.7 Å². The van der Waals surface area contributed by atoms with E-state index in [0.717, 1.165) is 18.4 Å². The van der Waals surface area contributed by atoms with Crippen LogP contribution >= 0.6 is 12.2 Å². The lowest BCUT2D eigenvalue weighted by molar-refractivity contribution is 0.118. The molecule has 0 aliphatic heterocycles. The molecule has 108 valence electrons. The lowest BCUT2D eigenvalue weighted by Gasteiger charge is -2.24. The summed E-state index contributed by atoms with van der Waals surface area (Å²) in [6.45, 7) is -0.00694. The Hall–Kier alpha value is -1.66. The van der Waals surface area contributed by atoms with Gasteiger partial charge in [-0.15, -0.1) is 0 Å². The lowest BCUT2D eigenvalue weighted by Crippen LogP contribution is -2.40. The van der Waals surface area contributed by atoms with Crippen LogP contribution in [0, 0.1) is 0 Å². The molecular weight excluding hydrogens is 276 g/mol. The number of aliphatic hydroxyl groups is 1. The molecule has 0 heterocycles. The second kappa shape index (κ2) is 6.67. The van der Waals surface area contributed by atoms with E-state index >= 15 is 0 Å². The van der Waals surface area contributed by atoms with Crippen molar-refractivity contribution in [3.63, 3.8) is 0 Å². The number of benzene rings is 1. The maximum atomic E-state index is 10.8. The SMILES string of the molecule is NC(=O)OCC(c1ccccc1)C(O)C(=S)NC1CC1. The van der Waals surface area contributed by atoms with Crippen LogP contribution in [0.15, 0.2) is 30.3 Å². The Labute approximate surface area is 123 Å². The standard InChI is InChI=1S/C14H18N2O3S/c15-14(18)19-8-11(9-4-2-1-3-5-9)12(17)13(20)16-10-6-7-10/h1-5,10-12,17H,6-8H2,(H2,15,18)(H,16,20). The Balaban J connectivity index is 2.07. The molecule has 1 amide bonds. The molecule has 6 heteroatoms. The maximum Gasteiger partial charge on any atom is 0.404 e. The van der Waals surface area contributed by atoms with Crippen molar-refractivity contribution in [3.05, 3.63) is 35.9 Å². The van der Waals surface area contributed by atoms with Gasteiger partial charge in [-0.3, -0.25) is 0 Å². The maximum absolute atomic E-state index is 10.8. The van der Waals surface area contributed by atoms with Crippen molar-refractivity contribution in [1.82, 2.24) is 5.32 Å². The minimum absolute atomic E-state index is 0.00694. The summed E-state index contributed by atoms with van der Waals surface area (Å²) in [5.74, 6) is -0.428. The van der Waals surface area contributed by atoms with Crippen LogP contribution in [-0.4, -0.2) is 34.9 Å². The van der Waals surface area contributed by atoms with E-state index in [0.29, 0.717) is 11.0 Å². The number of ether oxygens (including phenoxy) is 1. The van der Waals surface area contributed by atoms with E-state index in [4.69, 9.17) is 22.7 Å². The first-order valence-corrected chi connectivity index (χ1v) is 6.94. The molecule has 1 aromatic rings. The molecule has 2 rings (SSSR count). The third kappa shape index (κ3) is 4.18. The molecule has 2 atom stereocenters. The lowest BCUT2D eigenvalue weighted by atomic mass is 9.94. The van der Waals surface area contributed by atoms with Crippen LogP contribution in [0.5, 0.6) is 0 Å². The van der Waals surface area contributed by atoms with Crippen LogP contribution in [0.4, 0.5) is 4.79 Å². The molecule has 1 aliphatic rings. The van der Waals surface area contributed by atoms with Gasteiger partial charge in [0.2, 0.25) is 0 Å². The van der Waals surface area contributed by atoms with E-state index in [9.17, 15) is 9.90 Å². The fourth-order valence-electron chi connectivity index (χ4n) is 1.94. The molecule has 2 unspecified atom stereocenters. The number of amides is 1. The zero-order chi connectivity index (χ0) is 14.5. The first-order valence-electron chi connectivity index (χ1n) is 6.53. The van der Waals surface area contributed by atoms with Gasteiger partial charge in [0.05, 0.1) is 5.92 Å². The van der Waals surface area contributed by atoms with Gasteiger partial charge in [0, 0.05) is 6.04 Å². The summed E-state index contributed by atoms with van der Waals surface area (Å²) in [6, 6.07) is 9.68. The molecule has 1 aromatic carbocycles. The Morgan fingerprint density at radius 1 is 1.45 bits per heavy atom. The number of thiocarbonyl (C=S) groups is 1. The second-order valence-electron chi connectivity index (χ2n) is 4.87. The van der Waals surface area contributed by atoms with Gasteiger partial charge in [-0.25, -0.2) is 4.79 Å². The molecule has 0 saturated heterocycles. The van der Waals surface area contributed by atoms with Crippen molar-refractivity contribution in [2.24, 2.45) is 5.73 Å². The predicted molar refractivity (Wildman–Crippen MR) is 79.5 cm³/mol. The van der Waals surface area contributed by atoms with Crippen LogP contribution in [0.1, 0.15) is 24.3 Å². The molecule has 1 aliphatic carbocycles. The van der Waals surface area contributed by atoms with Gasteiger partial charge in [-0.05, 0) is 18.4 Å². The molecule has 0 bridgehead atoms. The van der Waals surface area contributed by atoms with Gasteiger partial charge in [0.25, 0.3) is 0 Å². The summed E-state index contributed by atoms with van der Waals surface area (Å²) in [5, 5.41) is 13.5. The summed E-state index contributed by atoms with van der Waals surface area (Å²) in [4.78, 5) is 11.2. The summed E-state index contributed by atoms with van der Waals surface area (Å²) >= 11 is 5.22. The van der Waals surface area contributed by atoms with Crippen molar-refractivity contribution in [2.75, 3.05) is 6.61 Å². The third-order valence-electron chi connectivity index (χ3n) is 3.21. The van der Waals surface area contributed by atoms with Crippen LogP contribution < -0.4 is 11.1 Å². The quantitative estimate of drug-likeness (QED) is 0.689. The minimum Gasteiger partial charge on any atom is -0.449 e. The van der Waals surface area contributed by atoms with Crippen molar-refractivity contribution in [1.29, 1.82) is 0 Å². The summed E-state index contributed by atoms with van der Waals surface area (Å²) in [5.41, 5.74) is 5.84. The molecule has 0 spiro atoms. The highest BCUT2D eigenvalue weighted by atomic mass is 32.1. The Bertz CT molecular complexity index is 477.